The van der Waals surface area contributed by atoms with E-state index in [0.717, 1.165) is 4.90 Å². The summed E-state index contributed by atoms with van der Waals surface area (Å²) in [7, 11) is 0. The van der Waals surface area contributed by atoms with Crippen LogP contribution in [0.4, 0.5) is 10.5 Å². The third-order valence-electron chi connectivity index (χ3n) is 3.34. The molecule has 4 amide bonds. The Morgan fingerprint density at radius 2 is 1.92 bits per heavy atom. The van der Waals surface area contributed by atoms with Crippen LogP contribution in [0.1, 0.15) is 12.7 Å². The van der Waals surface area contributed by atoms with E-state index in [0.29, 0.717) is 23.8 Å². The highest BCUT2D eigenvalue weighted by Gasteiger charge is 2.36. The number of amides is 4. The average molecular weight is 326 g/mol. The Kier molecular flexibility index (Phi) is 4.15. The zero-order chi connectivity index (χ0) is 17.1. The van der Waals surface area contributed by atoms with E-state index in [2.05, 4.69) is 5.32 Å². The number of ether oxygens (including phenoxy) is 1. The molecular weight excluding hydrogens is 312 g/mol. The molecule has 24 heavy (non-hydrogen) atoms. The molecule has 0 unspecified atom stereocenters. The first-order valence-corrected chi connectivity index (χ1v) is 7.28. The molecule has 1 saturated heterocycles. The molecule has 0 saturated carbocycles. The first-order valence-electron chi connectivity index (χ1n) is 7.28. The number of furan rings is 1. The van der Waals surface area contributed by atoms with Crippen molar-refractivity contribution in [3.63, 3.8) is 0 Å². The minimum Gasteiger partial charge on any atom is -0.494 e. The first-order chi connectivity index (χ1) is 11.6. The molecule has 7 nitrogen and oxygen atoms in total. The fourth-order valence-electron chi connectivity index (χ4n) is 2.27. The summed E-state index contributed by atoms with van der Waals surface area (Å²) in [6.45, 7) is 2.36. The van der Waals surface area contributed by atoms with Crippen LogP contribution in [0, 0.1) is 0 Å². The number of urea groups is 1. The van der Waals surface area contributed by atoms with Crippen molar-refractivity contribution in [3.05, 3.63) is 54.0 Å². The van der Waals surface area contributed by atoms with Crippen LogP contribution in [-0.4, -0.2) is 24.5 Å². The molecule has 1 aromatic heterocycles. The van der Waals surface area contributed by atoms with Gasteiger partial charge in [0.15, 0.2) is 0 Å². The molecule has 1 aliphatic heterocycles. The summed E-state index contributed by atoms with van der Waals surface area (Å²) in [5.74, 6) is -0.518. The van der Waals surface area contributed by atoms with E-state index < -0.39 is 17.8 Å². The Hall–Kier alpha value is -3.35. The van der Waals surface area contributed by atoms with Crippen LogP contribution >= 0.6 is 0 Å². The van der Waals surface area contributed by atoms with Crippen molar-refractivity contribution in [1.29, 1.82) is 0 Å². The summed E-state index contributed by atoms with van der Waals surface area (Å²) < 4.78 is 10.4. The van der Waals surface area contributed by atoms with E-state index >= 15 is 0 Å². The Labute approximate surface area is 137 Å². The van der Waals surface area contributed by atoms with Gasteiger partial charge in [-0.3, -0.25) is 14.9 Å². The van der Waals surface area contributed by atoms with E-state index in [4.69, 9.17) is 9.15 Å². The van der Waals surface area contributed by atoms with Crippen LogP contribution in [0.2, 0.25) is 0 Å². The SMILES string of the molecule is CCOc1ccc(N2C(=O)NC(=O)/C(=C\c3ccco3)C2=O)cc1. The Morgan fingerprint density at radius 3 is 2.54 bits per heavy atom. The molecule has 1 fully saturated rings. The van der Waals surface area contributed by atoms with Crippen molar-refractivity contribution in [1.82, 2.24) is 5.32 Å². The van der Waals surface area contributed by atoms with Crippen molar-refractivity contribution >= 4 is 29.6 Å². The van der Waals surface area contributed by atoms with Crippen molar-refractivity contribution in [2.75, 3.05) is 11.5 Å². The Bertz CT molecular complexity index is 806. The molecule has 1 N–H and O–H groups in total. The van der Waals surface area contributed by atoms with E-state index in [1.807, 2.05) is 6.92 Å². The van der Waals surface area contributed by atoms with E-state index in [-0.39, 0.29) is 5.57 Å². The molecular formula is C17H14N2O5. The maximum atomic E-state index is 12.6. The lowest BCUT2D eigenvalue weighted by Crippen LogP contribution is -2.54. The number of carbonyl (C=O) groups excluding carboxylic acids is 3. The predicted molar refractivity (Wildman–Crippen MR) is 85.3 cm³/mol. The van der Waals surface area contributed by atoms with Gasteiger partial charge in [0.1, 0.15) is 17.1 Å². The first kappa shape index (κ1) is 15.5. The molecule has 2 heterocycles. The Morgan fingerprint density at radius 1 is 1.17 bits per heavy atom. The highest BCUT2D eigenvalue weighted by molar-refractivity contribution is 6.39. The standard InChI is InChI=1S/C17H14N2O5/c1-2-23-12-7-5-11(6-8-12)19-16(21)14(15(20)18-17(19)22)10-13-4-3-9-24-13/h3-10H,2H2,1H3,(H,18,20,22)/b14-10+. The topological polar surface area (TPSA) is 88.8 Å². The van der Waals surface area contributed by atoms with Crippen molar-refractivity contribution < 1.29 is 23.5 Å². The van der Waals surface area contributed by atoms with E-state index in [1.54, 1.807) is 36.4 Å². The third kappa shape index (κ3) is 2.91. The number of carbonyl (C=O) groups is 3. The molecule has 0 spiro atoms. The molecule has 1 aromatic carbocycles. The summed E-state index contributed by atoms with van der Waals surface area (Å²) in [6.07, 6.45) is 2.72. The molecule has 3 rings (SSSR count). The zero-order valence-electron chi connectivity index (χ0n) is 12.8. The van der Waals surface area contributed by atoms with Gasteiger partial charge in [0.25, 0.3) is 11.8 Å². The number of hydrogen-bond acceptors (Lipinski definition) is 5. The molecule has 2 aromatic rings. The van der Waals surface area contributed by atoms with Gasteiger partial charge in [0, 0.05) is 0 Å². The molecule has 1 aliphatic rings. The summed E-state index contributed by atoms with van der Waals surface area (Å²) in [5.41, 5.74) is 0.150. The van der Waals surface area contributed by atoms with Gasteiger partial charge in [-0.25, -0.2) is 9.69 Å². The number of rotatable bonds is 4. The fourth-order valence-corrected chi connectivity index (χ4v) is 2.27. The fraction of sp³-hybridized carbons (Fsp3) is 0.118. The molecule has 0 bridgehead atoms. The van der Waals surface area contributed by atoms with Gasteiger partial charge in [-0.2, -0.15) is 0 Å². The van der Waals surface area contributed by atoms with Gasteiger partial charge in [-0.1, -0.05) is 0 Å². The van der Waals surface area contributed by atoms with Crippen LogP contribution in [0.5, 0.6) is 5.75 Å². The van der Waals surface area contributed by atoms with Gasteiger partial charge in [0.2, 0.25) is 0 Å². The van der Waals surface area contributed by atoms with Gasteiger partial charge >= 0.3 is 6.03 Å². The molecule has 0 aliphatic carbocycles. The van der Waals surface area contributed by atoms with Crippen LogP contribution < -0.4 is 15.0 Å². The lowest BCUT2D eigenvalue weighted by molar-refractivity contribution is -0.122. The maximum Gasteiger partial charge on any atom is 0.335 e. The number of nitrogens with one attached hydrogen (secondary N) is 1. The number of hydrogen-bond donors (Lipinski definition) is 1. The second-order valence-electron chi connectivity index (χ2n) is 4.90. The minimum absolute atomic E-state index is 0.182. The van der Waals surface area contributed by atoms with Crippen LogP contribution in [0.15, 0.2) is 52.7 Å². The second kappa shape index (κ2) is 6.41. The quantitative estimate of drug-likeness (QED) is 0.688. The van der Waals surface area contributed by atoms with E-state index in [1.165, 1.54) is 12.3 Å². The number of imide groups is 2. The second-order valence-corrected chi connectivity index (χ2v) is 4.90. The summed E-state index contributed by atoms with van der Waals surface area (Å²) in [6, 6.07) is 8.87. The smallest absolute Gasteiger partial charge is 0.335 e. The lowest BCUT2D eigenvalue weighted by atomic mass is 10.1. The average Bonchev–Trinajstić information content (AvgIpc) is 3.06. The van der Waals surface area contributed by atoms with Crippen molar-refractivity contribution in [2.45, 2.75) is 6.92 Å². The van der Waals surface area contributed by atoms with Crippen LogP contribution in [0.25, 0.3) is 6.08 Å². The highest BCUT2D eigenvalue weighted by Crippen LogP contribution is 2.24. The van der Waals surface area contributed by atoms with E-state index in [9.17, 15) is 14.4 Å². The Balaban J connectivity index is 1.93. The molecule has 0 atom stereocenters. The monoisotopic (exact) mass is 326 g/mol. The molecule has 7 heteroatoms. The van der Waals surface area contributed by atoms with Gasteiger partial charge in [-0.15, -0.1) is 0 Å². The van der Waals surface area contributed by atoms with Crippen molar-refractivity contribution in [3.8, 4) is 5.75 Å². The largest absolute Gasteiger partial charge is 0.494 e. The third-order valence-corrected chi connectivity index (χ3v) is 3.34. The summed E-state index contributed by atoms with van der Waals surface area (Å²) >= 11 is 0. The summed E-state index contributed by atoms with van der Waals surface area (Å²) in [4.78, 5) is 37.5. The number of nitrogens with zero attached hydrogens (tertiary/aromatic N) is 1. The van der Waals surface area contributed by atoms with Gasteiger partial charge in [-0.05, 0) is 49.4 Å². The maximum absolute atomic E-state index is 12.6. The number of benzene rings is 1. The lowest BCUT2D eigenvalue weighted by Gasteiger charge is -2.26. The van der Waals surface area contributed by atoms with Gasteiger partial charge in [0.05, 0.1) is 18.6 Å². The highest BCUT2D eigenvalue weighted by atomic mass is 16.5. The predicted octanol–water partition coefficient (Wildman–Crippen LogP) is 2.34. The summed E-state index contributed by atoms with van der Waals surface area (Å²) in [5, 5.41) is 2.15. The number of anilines is 1. The van der Waals surface area contributed by atoms with Crippen LogP contribution in [-0.2, 0) is 9.59 Å². The zero-order valence-corrected chi connectivity index (χ0v) is 12.8. The number of barbiturate groups is 1. The van der Waals surface area contributed by atoms with Crippen LogP contribution in [0.3, 0.4) is 0 Å². The van der Waals surface area contributed by atoms with Crippen molar-refractivity contribution in [2.24, 2.45) is 0 Å². The van der Waals surface area contributed by atoms with Gasteiger partial charge < -0.3 is 9.15 Å². The minimum atomic E-state index is -0.800. The molecule has 122 valence electrons. The normalized spacial score (nSPS) is 16.5. The molecule has 0 radical (unpaired) electrons.